The molecule has 0 aliphatic rings. The summed E-state index contributed by atoms with van der Waals surface area (Å²) in [5.74, 6) is 0.505. The van der Waals surface area contributed by atoms with Crippen LogP contribution in [0, 0.1) is 5.41 Å². The average molecular weight is 384 g/mol. The molecule has 3 rings (SSSR count). The Balaban J connectivity index is 1.72. The lowest BCUT2D eigenvalue weighted by Gasteiger charge is -2.31. The lowest BCUT2D eigenvalue weighted by atomic mass is 9.86. The van der Waals surface area contributed by atoms with Crippen LogP contribution in [0.25, 0.3) is 5.69 Å². The number of aromatic nitrogens is 6. The van der Waals surface area contributed by atoms with Gasteiger partial charge in [0.15, 0.2) is 0 Å². The number of nitrogens with zero attached hydrogens (tertiary/aromatic N) is 6. The monoisotopic (exact) mass is 384 g/mol. The molecule has 2 aromatic heterocycles. The highest BCUT2D eigenvalue weighted by Crippen LogP contribution is 2.27. The number of hydrogen-bond acceptors (Lipinski definition) is 6. The third-order valence-electron chi connectivity index (χ3n) is 4.35. The number of carbonyl (C=O) groups excluding carboxylic acids is 1. The first-order valence-electron chi connectivity index (χ1n) is 8.81. The fourth-order valence-corrected chi connectivity index (χ4v) is 2.66. The summed E-state index contributed by atoms with van der Waals surface area (Å²) < 4.78 is 8.85. The van der Waals surface area contributed by atoms with Crippen molar-refractivity contribution in [3.8, 4) is 11.4 Å². The minimum atomic E-state index is -0.312. The van der Waals surface area contributed by atoms with Crippen molar-refractivity contribution in [2.45, 2.75) is 33.4 Å². The van der Waals surface area contributed by atoms with Gasteiger partial charge in [0.1, 0.15) is 12.1 Å². The molecule has 2 N–H and O–H groups in total. The molecule has 1 aromatic carbocycles. The maximum Gasteiger partial charge on any atom is 0.319 e. The minimum absolute atomic E-state index is 0.104. The number of anilines is 1. The number of methoxy groups -OCH3 is 1. The molecule has 0 spiro atoms. The van der Waals surface area contributed by atoms with Gasteiger partial charge in [-0.1, -0.05) is 20.8 Å². The number of ether oxygens (including phenoxy) is 1. The van der Waals surface area contributed by atoms with Gasteiger partial charge in [-0.05, 0) is 28.0 Å². The van der Waals surface area contributed by atoms with E-state index in [-0.39, 0.29) is 17.5 Å². The Morgan fingerprint density at radius 2 is 2.11 bits per heavy atom. The zero-order chi connectivity index (χ0) is 20.1. The lowest BCUT2D eigenvalue weighted by molar-refractivity contribution is 0.218. The first-order chi connectivity index (χ1) is 13.4. The average Bonchev–Trinajstić information content (AvgIpc) is 3.34. The zero-order valence-corrected chi connectivity index (χ0v) is 16.3. The van der Waals surface area contributed by atoms with E-state index < -0.39 is 0 Å². The normalized spacial score (nSPS) is 12.4. The van der Waals surface area contributed by atoms with Crippen LogP contribution in [-0.4, -0.2) is 48.9 Å². The van der Waals surface area contributed by atoms with Gasteiger partial charge in [-0.2, -0.15) is 0 Å². The summed E-state index contributed by atoms with van der Waals surface area (Å²) in [6.45, 7) is 6.86. The summed E-state index contributed by atoms with van der Waals surface area (Å²) in [6.07, 6.45) is 6.81. The molecule has 0 unspecified atom stereocenters. The predicted molar refractivity (Wildman–Crippen MR) is 103 cm³/mol. The first-order valence-corrected chi connectivity index (χ1v) is 8.81. The quantitative estimate of drug-likeness (QED) is 0.673. The Bertz CT molecular complexity index is 900. The van der Waals surface area contributed by atoms with Gasteiger partial charge >= 0.3 is 6.03 Å². The van der Waals surface area contributed by atoms with Gasteiger partial charge < -0.3 is 19.9 Å². The molecule has 0 bridgehead atoms. The number of nitrogens with one attached hydrogen (secondary N) is 2. The Labute approximate surface area is 162 Å². The van der Waals surface area contributed by atoms with Crippen molar-refractivity contribution in [3.63, 3.8) is 0 Å². The van der Waals surface area contributed by atoms with E-state index in [9.17, 15) is 4.79 Å². The fraction of sp³-hybridized carbons (Fsp3) is 0.389. The van der Waals surface area contributed by atoms with Gasteiger partial charge in [0, 0.05) is 25.0 Å². The second-order valence-electron chi connectivity index (χ2n) is 7.42. The summed E-state index contributed by atoms with van der Waals surface area (Å²) in [5, 5.41) is 17.0. The molecule has 2 heterocycles. The third kappa shape index (κ3) is 4.64. The number of benzene rings is 1. The number of imidazole rings is 1. The van der Waals surface area contributed by atoms with Gasteiger partial charge in [-0.25, -0.2) is 14.5 Å². The van der Waals surface area contributed by atoms with E-state index in [0.29, 0.717) is 18.0 Å². The van der Waals surface area contributed by atoms with Crippen LogP contribution in [0.4, 0.5) is 10.5 Å². The largest absolute Gasteiger partial charge is 0.494 e. The Morgan fingerprint density at radius 3 is 2.71 bits per heavy atom. The molecule has 0 aliphatic carbocycles. The van der Waals surface area contributed by atoms with Crippen molar-refractivity contribution in [3.05, 3.63) is 43.2 Å². The zero-order valence-electron chi connectivity index (χ0n) is 16.3. The van der Waals surface area contributed by atoms with E-state index in [1.54, 1.807) is 37.8 Å². The van der Waals surface area contributed by atoms with Crippen LogP contribution in [0.5, 0.6) is 5.75 Å². The summed E-state index contributed by atoms with van der Waals surface area (Å²) in [4.78, 5) is 16.7. The highest BCUT2D eigenvalue weighted by Gasteiger charge is 2.27. The van der Waals surface area contributed by atoms with E-state index >= 15 is 0 Å². The molecule has 0 saturated heterocycles. The molecule has 0 saturated carbocycles. The van der Waals surface area contributed by atoms with Crippen LogP contribution in [0.3, 0.4) is 0 Å². The van der Waals surface area contributed by atoms with Crippen LogP contribution in [0.2, 0.25) is 0 Å². The van der Waals surface area contributed by atoms with Crippen molar-refractivity contribution >= 4 is 11.7 Å². The molecule has 1 atom stereocenters. The van der Waals surface area contributed by atoms with Crippen molar-refractivity contribution in [1.29, 1.82) is 0 Å². The molecule has 148 valence electrons. The second-order valence-corrected chi connectivity index (χ2v) is 7.42. The van der Waals surface area contributed by atoms with E-state index in [2.05, 4.69) is 51.9 Å². The number of carbonyl (C=O) groups is 1. The van der Waals surface area contributed by atoms with Gasteiger partial charge in [0.2, 0.25) is 0 Å². The molecule has 0 radical (unpaired) electrons. The molecular weight excluding hydrogens is 360 g/mol. The van der Waals surface area contributed by atoms with Crippen molar-refractivity contribution in [2.24, 2.45) is 5.41 Å². The van der Waals surface area contributed by atoms with Gasteiger partial charge in [-0.15, -0.1) is 5.10 Å². The Morgan fingerprint density at radius 1 is 1.29 bits per heavy atom. The van der Waals surface area contributed by atoms with Crippen LogP contribution in [0.15, 0.2) is 43.2 Å². The molecular formula is C18H24N8O2. The highest BCUT2D eigenvalue weighted by molar-refractivity contribution is 5.91. The van der Waals surface area contributed by atoms with Crippen LogP contribution < -0.4 is 15.4 Å². The number of rotatable bonds is 6. The van der Waals surface area contributed by atoms with E-state index in [4.69, 9.17) is 4.74 Å². The molecule has 2 amide bonds. The molecule has 10 nitrogen and oxygen atoms in total. The first kappa shape index (κ1) is 19.3. The molecule has 28 heavy (non-hydrogen) atoms. The van der Waals surface area contributed by atoms with Crippen molar-refractivity contribution in [1.82, 2.24) is 35.1 Å². The Hall–Kier alpha value is -3.43. The maximum absolute atomic E-state index is 12.6. The van der Waals surface area contributed by atoms with E-state index in [1.807, 2.05) is 10.8 Å². The van der Waals surface area contributed by atoms with Gasteiger partial charge in [0.25, 0.3) is 0 Å². The number of hydrogen-bond donors (Lipinski definition) is 2. The van der Waals surface area contributed by atoms with Gasteiger partial charge in [-0.3, -0.25) is 0 Å². The number of amides is 2. The van der Waals surface area contributed by atoms with Crippen LogP contribution in [-0.2, 0) is 6.54 Å². The molecule has 3 aromatic rings. The smallest absolute Gasteiger partial charge is 0.319 e. The van der Waals surface area contributed by atoms with Crippen LogP contribution >= 0.6 is 0 Å². The SMILES string of the molecule is COc1cc(-n2cnnn2)ccc1NC(=O)N[C@H](Cn1ccnc1)C(C)(C)C. The summed E-state index contributed by atoms with van der Waals surface area (Å²) in [6, 6.07) is 4.87. The summed E-state index contributed by atoms with van der Waals surface area (Å²) in [5.41, 5.74) is 1.13. The van der Waals surface area contributed by atoms with Gasteiger partial charge in [0.05, 0.1) is 30.9 Å². The fourth-order valence-electron chi connectivity index (χ4n) is 2.66. The molecule has 0 fully saturated rings. The summed E-state index contributed by atoms with van der Waals surface area (Å²) >= 11 is 0. The lowest BCUT2D eigenvalue weighted by Crippen LogP contribution is -2.47. The standard InChI is InChI=1S/C18H24N8O2/c1-18(2,3)16(10-25-8-7-19-11-25)22-17(27)21-14-6-5-13(9-15(14)28-4)26-12-20-23-24-26/h5-9,11-12,16H,10H2,1-4H3,(H2,21,22,27)/t16-/m1/s1. The number of tetrazole rings is 1. The third-order valence-corrected chi connectivity index (χ3v) is 4.35. The van der Waals surface area contributed by atoms with E-state index in [1.165, 1.54) is 11.0 Å². The van der Waals surface area contributed by atoms with Crippen molar-refractivity contribution < 1.29 is 9.53 Å². The molecule has 0 aliphatic heterocycles. The second kappa shape index (κ2) is 8.07. The van der Waals surface area contributed by atoms with E-state index in [0.717, 1.165) is 5.69 Å². The number of urea groups is 1. The topological polar surface area (TPSA) is 112 Å². The van der Waals surface area contributed by atoms with Crippen LogP contribution in [0.1, 0.15) is 20.8 Å². The predicted octanol–water partition coefficient (Wildman–Crippen LogP) is 2.10. The Kier molecular flexibility index (Phi) is 5.57. The summed E-state index contributed by atoms with van der Waals surface area (Å²) in [7, 11) is 1.54. The van der Waals surface area contributed by atoms with Crippen molar-refractivity contribution in [2.75, 3.05) is 12.4 Å². The minimum Gasteiger partial charge on any atom is -0.494 e. The molecule has 10 heteroatoms. The highest BCUT2D eigenvalue weighted by atomic mass is 16.5. The maximum atomic E-state index is 12.6.